The number of piperidine rings is 1. The molecule has 1 aliphatic carbocycles. The molecule has 2 nitrogen and oxygen atoms in total. The molecule has 1 saturated heterocycles. The van der Waals surface area contributed by atoms with Crippen molar-refractivity contribution in [1.82, 2.24) is 4.90 Å². The fourth-order valence-electron chi connectivity index (χ4n) is 3.76. The third kappa shape index (κ3) is 2.54. The number of fused-ring (bicyclic) bond motifs is 1. The molecule has 0 unspecified atom stereocenters. The smallest absolute Gasteiger partial charge is 0.115 e. The first kappa shape index (κ1) is 12.0. The maximum Gasteiger partial charge on any atom is 0.115 e. The predicted molar refractivity (Wildman–Crippen MR) is 73.5 cm³/mol. The highest BCUT2D eigenvalue weighted by atomic mass is 16.3. The molecule has 0 amide bonds. The molecule has 2 atom stereocenters. The second kappa shape index (κ2) is 5.31. The number of phenols is 1. The van der Waals surface area contributed by atoms with Crippen molar-refractivity contribution in [2.24, 2.45) is 5.92 Å². The summed E-state index contributed by atoms with van der Waals surface area (Å²) in [6.07, 6.45) is 8.48. The van der Waals surface area contributed by atoms with Crippen LogP contribution in [0, 0.1) is 5.92 Å². The fraction of sp³-hybridized carbons (Fsp3) is 0.625. The molecule has 0 aromatic heterocycles. The Bertz CT molecular complexity index is 385. The zero-order valence-electron chi connectivity index (χ0n) is 11.0. The van der Waals surface area contributed by atoms with Gasteiger partial charge >= 0.3 is 0 Å². The molecule has 1 saturated carbocycles. The molecule has 3 rings (SSSR count). The van der Waals surface area contributed by atoms with Gasteiger partial charge in [-0.2, -0.15) is 0 Å². The van der Waals surface area contributed by atoms with Gasteiger partial charge in [-0.3, -0.25) is 4.90 Å². The summed E-state index contributed by atoms with van der Waals surface area (Å²) >= 11 is 0. The first-order chi connectivity index (χ1) is 8.83. The largest absolute Gasteiger partial charge is 0.508 e. The third-order valence-electron chi connectivity index (χ3n) is 4.68. The lowest BCUT2D eigenvalue weighted by molar-refractivity contribution is 0.0547. The Balaban J connectivity index is 1.69. The second-order valence-corrected chi connectivity index (χ2v) is 5.89. The SMILES string of the molecule is Oc1ccc(CN2CCC[C@H]3CCCC[C@@H]32)cc1. The maximum atomic E-state index is 9.34. The van der Waals surface area contributed by atoms with Gasteiger partial charge in [0, 0.05) is 12.6 Å². The first-order valence-electron chi connectivity index (χ1n) is 7.35. The molecular formula is C16H23NO. The summed E-state index contributed by atoms with van der Waals surface area (Å²) in [5.74, 6) is 1.32. The summed E-state index contributed by atoms with van der Waals surface area (Å²) in [6.45, 7) is 2.31. The molecule has 98 valence electrons. The Morgan fingerprint density at radius 1 is 1.00 bits per heavy atom. The van der Waals surface area contributed by atoms with E-state index in [0.29, 0.717) is 5.75 Å². The normalized spacial score (nSPS) is 28.9. The van der Waals surface area contributed by atoms with Gasteiger partial charge in [0.15, 0.2) is 0 Å². The van der Waals surface area contributed by atoms with Crippen LogP contribution in [0.15, 0.2) is 24.3 Å². The zero-order valence-corrected chi connectivity index (χ0v) is 11.0. The number of nitrogens with zero attached hydrogens (tertiary/aromatic N) is 1. The van der Waals surface area contributed by atoms with Gasteiger partial charge in [-0.15, -0.1) is 0 Å². The average molecular weight is 245 g/mol. The lowest BCUT2D eigenvalue weighted by Crippen LogP contribution is -2.46. The Morgan fingerprint density at radius 2 is 1.72 bits per heavy atom. The van der Waals surface area contributed by atoms with Gasteiger partial charge in [0.1, 0.15) is 5.75 Å². The van der Waals surface area contributed by atoms with Crippen LogP contribution in [-0.4, -0.2) is 22.6 Å². The Hall–Kier alpha value is -1.02. The van der Waals surface area contributed by atoms with Crippen LogP contribution >= 0.6 is 0 Å². The molecule has 1 aromatic carbocycles. The summed E-state index contributed by atoms with van der Waals surface area (Å²) < 4.78 is 0. The van der Waals surface area contributed by atoms with Crippen LogP contribution < -0.4 is 0 Å². The van der Waals surface area contributed by atoms with Gasteiger partial charge in [-0.05, 0) is 55.8 Å². The highest BCUT2D eigenvalue weighted by Crippen LogP contribution is 2.35. The molecule has 1 N–H and O–H groups in total. The van der Waals surface area contributed by atoms with Crippen molar-refractivity contribution in [3.05, 3.63) is 29.8 Å². The minimum Gasteiger partial charge on any atom is -0.508 e. The maximum absolute atomic E-state index is 9.34. The van der Waals surface area contributed by atoms with Crippen LogP contribution in [0.5, 0.6) is 5.75 Å². The van der Waals surface area contributed by atoms with Crippen molar-refractivity contribution >= 4 is 0 Å². The van der Waals surface area contributed by atoms with E-state index in [1.54, 1.807) is 12.1 Å². The summed E-state index contributed by atoms with van der Waals surface area (Å²) in [4.78, 5) is 2.68. The first-order valence-corrected chi connectivity index (χ1v) is 7.35. The van der Waals surface area contributed by atoms with Gasteiger partial charge in [0.25, 0.3) is 0 Å². The van der Waals surface area contributed by atoms with E-state index in [9.17, 15) is 5.11 Å². The van der Waals surface area contributed by atoms with Crippen molar-refractivity contribution in [2.75, 3.05) is 6.54 Å². The summed E-state index contributed by atoms with van der Waals surface area (Å²) in [5.41, 5.74) is 1.33. The van der Waals surface area contributed by atoms with Crippen LogP contribution in [0.4, 0.5) is 0 Å². The summed E-state index contributed by atoms with van der Waals surface area (Å²) in [5, 5.41) is 9.34. The number of phenolic OH excluding ortho intramolecular Hbond substituents is 1. The molecule has 0 bridgehead atoms. The Kier molecular flexibility index (Phi) is 3.55. The Labute approximate surface area is 110 Å². The molecular weight excluding hydrogens is 222 g/mol. The summed E-state index contributed by atoms with van der Waals surface area (Å²) in [6, 6.07) is 8.54. The fourth-order valence-corrected chi connectivity index (χ4v) is 3.76. The molecule has 18 heavy (non-hydrogen) atoms. The highest BCUT2D eigenvalue weighted by Gasteiger charge is 2.32. The standard InChI is InChI=1S/C16H23NO/c18-15-9-7-13(8-10-15)12-17-11-3-5-14-4-1-2-6-16(14)17/h7-10,14,16,18H,1-6,11-12H2/t14-,16+/m1/s1. The molecule has 1 aromatic rings. The third-order valence-corrected chi connectivity index (χ3v) is 4.68. The second-order valence-electron chi connectivity index (χ2n) is 5.89. The zero-order chi connectivity index (χ0) is 12.4. The van der Waals surface area contributed by atoms with Crippen molar-refractivity contribution in [1.29, 1.82) is 0 Å². The molecule has 2 aliphatic rings. The molecule has 0 radical (unpaired) electrons. The van der Waals surface area contributed by atoms with Crippen LogP contribution in [0.25, 0.3) is 0 Å². The van der Waals surface area contributed by atoms with Crippen LogP contribution in [0.1, 0.15) is 44.1 Å². The topological polar surface area (TPSA) is 23.5 Å². The van der Waals surface area contributed by atoms with Crippen molar-refractivity contribution < 1.29 is 5.11 Å². The van der Waals surface area contributed by atoms with E-state index < -0.39 is 0 Å². The number of rotatable bonds is 2. The molecule has 0 spiro atoms. The number of benzene rings is 1. The lowest BCUT2D eigenvalue weighted by Gasteiger charge is -2.44. The number of hydrogen-bond acceptors (Lipinski definition) is 2. The number of hydrogen-bond donors (Lipinski definition) is 1. The van der Waals surface area contributed by atoms with Gasteiger partial charge < -0.3 is 5.11 Å². The van der Waals surface area contributed by atoms with Crippen molar-refractivity contribution in [3.8, 4) is 5.75 Å². The van der Waals surface area contributed by atoms with Crippen molar-refractivity contribution in [2.45, 2.75) is 51.1 Å². The van der Waals surface area contributed by atoms with E-state index in [-0.39, 0.29) is 0 Å². The van der Waals surface area contributed by atoms with E-state index >= 15 is 0 Å². The van der Waals surface area contributed by atoms with Crippen LogP contribution in [-0.2, 0) is 6.54 Å². The number of aromatic hydroxyl groups is 1. The molecule has 1 heterocycles. The summed E-state index contributed by atoms with van der Waals surface area (Å²) in [7, 11) is 0. The van der Waals surface area contributed by atoms with Gasteiger partial charge in [0.2, 0.25) is 0 Å². The van der Waals surface area contributed by atoms with Gasteiger partial charge in [-0.25, -0.2) is 0 Å². The van der Waals surface area contributed by atoms with E-state index in [2.05, 4.69) is 17.0 Å². The monoisotopic (exact) mass is 245 g/mol. The van der Waals surface area contributed by atoms with Crippen LogP contribution in [0.2, 0.25) is 0 Å². The van der Waals surface area contributed by atoms with E-state index in [4.69, 9.17) is 0 Å². The molecule has 1 aliphatic heterocycles. The molecule has 2 fully saturated rings. The molecule has 2 heteroatoms. The average Bonchev–Trinajstić information content (AvgIpc) is 2.42. The minimum atomic E-state index is 0.368. The lowest BCUT2D eigenvalue weighted by atomic mass is 9.78. The van der Waals surface area contributed by atoms with E-state index in [1.807, 2.05) is 0 Å². The Morgan fingerprint density at radius 3 is 2.56 bits per heavy atom. The minimum absolute atomic E-state index is 0.368. The van der Waals surface area contributed by atoms with E-state index in [1.165, 1.54) is 50.6 Å². The van der Waals surface area contributed by atoms with Crippen molar-refractivity contribution in [3.63, 3.8) is 0 Å². The predicted octanol–water partition coefficient (Wildman–Crippen LogP) is 3.55. The highest BCUT2D eigenvalue weighted by molar-refractivity contribution is 5.25. The quantitative estimate of drug-likeness (QED) is 0.861. The van der Waals surface area contributed by atoms with Crippen LogP contribution in [0.3, 0.4) is 0 Å². The van der Waals surface area contributed by atoms with Gasteiger partial charge in [-0.1, -0.05) is 25.0 Å². The number of likely N-dealkylation sites (tertiary alicyclic amines) is 1. The van der Waals surface area contributed by atoms with Gasteiger partial charge in [0.05, 0.1) is 0 Å². The van der Waals surface area contributed by atoms with E-state index in [0.717, 1.165) is 18.5 Å².